The fraction of sp³-hybridized carbons (Fsp3) is 0.200. The molecular formula is C20H22N7+. The van der Waals surface area contributed by atoms with Crippen molar-refractivity contribution in [3.63, 3.8) is 0 Å². The van der Waals surface area contributed by atoms with E-state index >= 15 is 0 Å². The van der Waals surface area contributed by atoms with E-state index in [1.54, 1.807) is 12.7 Å². The standard InChI is InChI=1S/C20H22N7/c1-25(2)17-7-9-26(10-8-17)11-15-3-5-16(6-4-15)12-27-14-24-19(21)18-20(27)23-13-22-18/h3-10,13-14,21H,11-12H2,1-2H3,(H,22,23)/q+1. The fourth-order valence-corrected chi connectivity index (χ4v) is 3.05. The molecule has 27 heavy (non-hydrogen) atoms. The van der Waals surface area contributed by atoms with Gasteiger partial charge < -0.3 is 14.5 Å². The third-order valence-corrected chi connectivity index (χ3v) is 4.59. The Balaban J connectivity index is 1.49. The first-order valence-electron chi connectivity index (χ1n) is 8.77. The molecule has 0 amide bonds. The van der Waals surface area contributed by atoms with Gasteiger partial charge in [-0.05, 0) is 5.56 Å². The minimum atomic E-state index is 0.214. The van der Waals surface area contributed by atoms with Gasteiger partial charge in [0.25, 0.3) is 0 Å². The number of hydrogen-bond donors (Lipinski definition) is 2. The van der Waals surface area contributed by atoms with Gasteiger partial charge in [0, 0.05) is 37.5 Å². The van der Waals surface area contributed by atoms with Crippen molar-refractivity contribution in [1.82, 2.24) is 19.5 Å². The summed E-state index contributed by atoms with van der Waals surface area (Å²) in [7, 11) is 4.08. The van der Waals surface area contributed by atoms with Crippen molar-refractivity contribution in [2.24, 2.45) is 0 Å². The monoisotopic (exact) mass is 360 g/mol. The number of pyridine rings is 1. The number of imidazole rings is 1. The minimum Gasteiger partial charge on any atom is -0.377 e. The van der Waals surface area contributed by atoms with Gasteiger partial charge in [-0.3, -0.25) is 5.41 Å². The van der Waals surface area contributed by atoms with Crippen LogP contribution in [0.1, 0.15) is 11.1 Å². The zero-order valence-electron chi connectivity index (χ0n) is 15.4. The SMILES string of the molecule is CN(C)c1cc[n+](Cc2ccc(Cn3cnc(=N)c4[nH]cnc43)cc2)cc1. The van der Waals surface area contributed by atoms with E-state index in [-0.39, 0.29) is 5.49 Å². The molecular weight excluding hydrogens is 338 g/mol. The number of H-pyrrole nitrogens is 1. The summed E-state index contributed by atoms with van der Waals surface area (Å²) in [4.78, 5) is 13.5. The number of nitrogens with zero attached hydrogens (tertiary/aromatic N) is 5. The summed E-state index contributed by atoms with van der Waals surface area (Å²) in [6, 6.07) is 12.8. The molecule has 0 unspecified atom stereocenters. The normalized spacial score (nSPS) is 11.0. The quantitative estimate of drug-likeness (QED) is 0.532. The van der Waals surface area contributed by atoms with Crippen LogP contribution in [0.5, 0.6) is 0 Å². The highest BCUT2D eigenvalue weighted by Gasteiger charge is 2.07. The first-order valence-corrected chi connectivity index (χ1v) is 8.77. The van der Waals surface area contributed by atoms with Crippen molar-refractivity contribution < 1.29 is 4.57 Å². The zero-order chi connectivity index (χ0) is 18.8. The fourth-order valence-electron chi connectivity index (χ4n) is 3.05. The Bertz CT molecular complexity index is 1110. The zero-order valence-corrected chi connectivity index (χ0v) is 15.4. The van der Waals surface area contributed by atoms with Gasteiger partial charge in [0.1, 0.15) is 5.52 Å². The van der Waals surface area contributed by atoms with E-state index in [1.165, 1.54) is 16.8 Å². The van der Waals surface area contributed by atoms with Crippen LogP contribution in [0.25, 0.3) is 11.2 Å². The van der Waals surface area contributed by atoms with E-state index in [9.17, 15) is 0 Å². The van der Waals surface area contributed by atoms with Gasteiger partial charge in [0.2, 0.25) is 0 Å². The molecule has 0 saturated carbocycles. The van der Waals surface area contributed by atoms with Gasteiger partial charge in [-0.1, -0.05) is 24.3 Å². The van der Waals surface area contributed by atoms with Crippen LogP contribution < -0.4 is 15.0 Å². The Morgan fingerprint density at radius 1 is 1.04 bits per heavy atom. The van der Waals surface area contributed by atoms with E-state index in [0.717, 1.165) is 12.2 Å². The Hall–Kier alpha value is -3.48. The molecule has 3 heterocycles. The lowest BCUT2D eigenvalue weighted by atomic mass is 10.1. The van der Waals surface area contributed by atoms with E-state index in [4.69, 9.17) is 5.41 Å². The highest BCUT2D eigenvalue weighted by atomic mass is 15.1. The van der Waals surface area contributed by atoms with Crippen LogP contribution in [0.2, 0.25) is 0 Å². The Kier molecular flexibility index (Phi) is 4.42. The van der Waals surface area contributed by atoms with Crippen molar-refractivity contribution in [3.05, 3.63) is 78.1 Å². The third-order valence-electron chi connectivity index (χ3n) is 4.59. The molecule has 7 heteroatoms. The Labute approximate surface area is 157 Å². The Morgan fingerprint density at radius 3 is 2.44 bits per heavy atom. The molecule has 1 aromatic carbocycles. The molecule has 0 aliphatic heterocycles. The second kappa shape index (κ2) is 7.03. The second-order valence-corrected chi connectivity index (χ2v) is 6.76. The lowest BCUT2D eigenvalue weighted by molar-refractivity contribution is -0.688. The van der Waals surface area contributed by atoms with Crippen LogP contribution in [-0.2, 0) is 13.1 Å². The summed E-state index contributed by atoms with van der Waals surface area (Å²) in [5.41, 5.74) is 5.22. The minimum absolute atomic E-state index is 0.214. The topological polar surface area (TPSA) is 77.5 Å². The summed E-state index contributed by atoms with van der Waals surface area (Å²) in [6.07, 6.45) is 7.47. The molecule has 0 aliphatic rings. The molecule has 4 aromatic rings. The number of anilines is 1. The first-order chi connectivity index (χ1) is 13.1. The maximum absolute atomic E-state index is 7.83. The first kappa shape index (κ1) is 17.0. The predicted molar refractivity (Wildman–Crippen MR) is 103 cm³/mol. The molecule has 0 aliphatic carbocycles. The molecule has 4 rings (SSSR count). The summed E-state index contributed by atoms with van der Waals surface area (Å²) in [5.74, 6) is 0. The third kappa shape index (κ3) is 3.57. The van der Waals surface area contributed by atoms with E-state index in [2.05, 4.69) is 73.2 Å². The molecule has 136 valence electrons. The average molecular weight is 360 g/mol. The maximum atomic E-state index is 7.83. The van der Waals surface area contributed by atoms with Crippen molar-refractivity contribution in [2.45, 2.75) is 13.1 Å². The molecule has 0 spiro atoms. The lowest BCUT2D eigenvalue weighted by Crippen LogP contribution is -2.33. The molecule has 0 fully saturated rings. The van der Waals surface area contributed by atoms with Gasteiger partial charge in [0.15, 0.2) is 30.1 Å². The summed E-state index contributed by atoms with van der Waals surface area (Å²) >= 11 is 0. The molecule has 0 radical (unpaired) electrons. The van der Waals surface area contributed by atoms with Gasteiger partial charge in [0.05, 0.1) is 19.2 Å². The van der Waals surface area contributed by atoms with E-state index < -0.39 is 0 Å². The number of rotatable bonds is 5. The summed E-state index contributed by atoms with van der Waals surface area (Å²) < 4.78 is 4.12. The highest BCUT2D eigenvalue weighted by Crippen LogP contribution is 2.10. The van der Waals surface area contributed by atoms with Gasteiger partial charge in [-0.25, -0.2) is 14.5 Å². The summed E-state index contributed by atoms with van der Waals surface area (Å²) in [6.45, 7) is 1.50. The van der Waals surface area contributed by atoms with Crippen LogP contribution in [0.4, 0.5) is 5.69 Å². The lowest BCUT2D eigenvalue weighted by Gasteiger charge is -2.10. The van der Waals surface area contributed by atoms with Crippen molar-refractivity contribution >= 4 is 16.9 Å². The molecule has 2 N–H and O–H groups in total. The average Bonchev–Trinajstić information content (AvgIpc) is 3.17. The summed E-state index contributed by atoms with van der Waals surface area (Å²) in [5, 5.41) is 7.83. The number of aromatic amines is 1. The number of nitrogens with one attached hydrogen (secondary N) is 2. The molecule has 0 saturated heterocycles. The predicted octanol–water partition coefficient (Wildman–Crippen LogP) is 1.69. The van der Waals surface area contributed by atoms with Crippen molar-refractivity contribution in [3.8, 4) is 0 Å². The molecule has 3 aromatic heterocycles. The Morgan fingerprint density at radius 2 is 1.74 bits per heavy atom. The van der Waals surface area contributed by atoms with Gasteiger partial charge in [-0.15, -0.1) is 0 Å². The second-order valence-electron chi connectivity index (χ2n) is 6.76. The largest absolute Gasteiger partial charge is 0.377 e. The van der Waals surface area contributed by atoms with Crippen molar-refractivity contribution in [2.75, 3.05) is 19.0 Å². The number of benzene rings is 1. The van der Waals surface area contributed by atoms with Crippen LogP contribution >= 0.6 is 0 Å². The van der Waals surface area contributed by atoms with Crippen LogP contribution in [0.3, 0.4) is 0 Å². The molecule has 0 atom stereocenters. The molecule has 0 bridgehead atoms. The van der Waals surface area contributed by atoms with E-state index in [0.29, 0.717) is 12.1 Å². The maximum Gasteiger partial charge on any atom is 0.173 e. The van der Waals surface area contributed by atoms with Crippen molar-refractivity contribution in [1.29, 1.82) is 5.41 Å². The van der Waals surface area contributed by atoms with Crippen LogP contribution in [0.15, 0.2) is 61.4 Å². The van der Waals surface area contributed by atoms with Crippen LogP contribution in [0, 0.1) is 5.41 Å². The smallest absolute Gasteiger partial charge is 0.173 e. The highest BCUT2D eigenvalue weighted by molar-refractivity contribution is 5.68. The molecule has 7 nitrogen and oxygen atoms in total. The number of aromatic nitrogens is 5. The van der Waals surface area contributed by atoms with Gasteiger partial charge >= 0.3 is 0 Å². The van der Waals surface area contributed by atoms with E-state index in [1.807, 2.05) is 18.7 Å². The van der Waals surface area contributed by atoms with Gasteiger partial charge in [-0.2, -0.15) is 0 Å². The van der Waals surface area contributed by atoms with Crippen LogP contribution in [-0.4, -0.2) is 33.6 Å². The number of hydrogen-bond acceptors (Lipinski definition) is 4. The number of fused-ring (bicyclic) bond motifs is 1.